The fourth-order valence-corrected chi connectivity index (χ4v) is 19.5. The molecule has 0 saturated carbocycles. The van der Waals surface area contributed by atoms with E-state index in [1.165, 1.54) is 2.43 Å². The van der Waals surface area contributed by atoms with Gasteiger partial charge in [-0.3, -0.25) is 9.05 Å². The van der Waals surface area contributed by atoms with Gasteiger partial charge in [-0.05, 0) is 193 Å². The van der Waals surface area contributed by atoms with Crippen molar-refractivity contribution in [2.45, 2.75) is 208 Å². The summed E-state index contributed by atoms with van der Waals surface area (Å²) in [5.74, 6) is 1.64. The summed E-state index contributed by atoms with van der Waals surface area (Å²) < 4.78 is 60.5. The molecule has 1 N–H and O–H groups in total. The third-order valence-corrected chi connectivity index (χ3v) is 23.8. The number of halogens is 3. The standard InChI is InChI=1S/C53H57O6P.C27H38O4.C26H20ClO2P.CH2I2/c1-36-32-42(46(44(34-36)49(3,4)5)55-48(54)56-51(9,10)11)43-33-37(2)35-45(50(6,7)8)47(43)57-60-58-52(38-24-16-12-17-25-38,39-26-18-13-19-27-39)53(59-60,40-28-20-14-21-29-40)41-30-22-15-23-31-41;1-16-12-18(22(28)20(14-16)25(3,4)5)19-13-17(2)15-21(26(6,7)8)23(19)30-24(29)31-27(9,10)11;27-30-28-25(21-13-5-1-6-14-21,22-15-7-2-8-16-22)26(29-30,23-17-9-3-10-18-23)24-19-11-4-12-20-24;2-1-3/h12-35H,1-11H3;12-15,28H,1-11H3;1-20H;1H2. The molecule has 2 aliphatic heterocycles. The molecule has 648 valence electrons. The Morgan fingerprint density at radius 1 is 0.323 bits per heavy atom. The van der Waals surface area contributed by atoms with E-state index in [0.29, 0.717) is 33.9 Å². The maximum absolute atomic E-state index is 13.6. The molecule has 124 heavy (non-hydrogen) atoms. The van der Waals surface area contributed by atoms with E-state index in [1.807, 2.05) is 204 Å². The Morgan fingerprint density at radius 2 is 0.524 bits per heavy atom. The van der Waals surface area contributed by atoms with E-state index < -0.39 is 67.7 Å². The molecule has 0 aliphatic carbocycles. The van der Waals surface area contributed by atoms with Gasteiger partial charge in [-0.25, -0.2) is 9.59 Å². The molecule has 14 rings (SSSR count). The van der Waals surface area contributed by atoms with Crippen molar-refractivity contribution in [1.82, 2.24) is 0 Å². The molecule has 0 aromatic heterocycles. The predicted molar refractivity (Wildman–Crippen MR) is 525 cm³/mol. The lowest BCUT2D eigenvalue weighted by Gasteiger charge is -2.44. The first-order chi connectivity index (χ1) is 58.4. The van der Waals surface area contributed by atoms with E-state index in [-0.39, 0.29) is 22.0 Å². The van der Waals surface area contributed by atoms with Crippen LogP contribution in [-0.2, 0) is 71.6 Å². The van der Waals surface area contributed by atoms with Crippen molar-refractivity contribution in [3.63, 3.8) is 0 Å². The van der Waals surface area contributed by atoms with Crippen molar-refractivity contribution >= 4 is 85.1 Å². The third kappa shape index (κ3) is 21.2. The highest BCUT2D eigenvalue weighted by atomic mass is 127. The summed E-state index contributed by atoms with van der Waals surface area (Å²) in [6.07, 6.45) is -1.53. The molecule has 12 nitrogen and oxygen atoms in total. The van der Waals surface area contributed by atoms with Gasteiger partial charge in [0, 0.05) is 44.5 Å². The molecule has 0 unspecified atom stereocenters. The lowest BCUT2D eigenvalue weighted by molar-refractivity contribution is 0.00370. The minimum atomic E-state index is -2.19. The summed E-state index contributed by atoms with van der Waals surface area (Å²) in [7, 11) is -3.85. The number of rotatable bonds is 14. The van der Waals surface area contributed by atoms with E-state index in [9.17, 15) is 14.7 Å². The summed E-state index contributed by atoms with van der Waals surface area (Å²) >= 11 is 11.3. The molecular formula is C107H117ClI2O12P2. The lowest BCUT2D eigenvalue weighted by atomic mass is 9.66. The van der Waals surface area contributed by atoms with Gasteiger partial charge in [-0.15, -0.1) is 0 Å². The molecular weight excluding hydrogens is 1830 g/mol. The first-order valence-electron chi connectivity index (χ1n) is 41.8. The second-order valence-corrected chi connectivity index (χ2v) is 44.6. The van der Waals surface area contributed by atoms with E-state index in [2.05, 4.69) is 263 Å². The molecule has 0 amide bonds. The van der Waals surface area contributed by atoms with Crippen LogP contribution in [0, 0.1) is 27.7 Å². The number of carbonyl (C=O) groups is 2. The van der Waals surface area contributed by atoms with Crippen LogP contribution in [0.4, 0.5) is 9.59 Å². The second kappa shape index (κ2) is 39.2. The highest BCUT2D eigenvalue weighted by Crippen LogP contribution is 2.73. The van der Waals surface area contributed by atoms with Crippen LogP contribution in [0.5, 0.6) is 23.0 Å². The van der Waals surface area contributed by atoms with Gasteiger partial charge in [0.25, 0.3) is 7.73 Å². The Kier molecular flexibility index (Phi) is 30.3. The molecule has 0 radical (unpaired) electrons. The van der Waals surface area contributed by atoms with Gasteiger partial charge in [-0.1, -0.05) is 395 Å². The minimum absolute atomic E-state index is 0.206. The number of alkyl halides is 2. The van der Waals surface area contributed by atoms with Crippen LogP contribution in [0.1, 0.15) is 214 Å². The molecule has 17 heteroatoms. The highest BCUT2D eigenvalue weighted by molar-refractivity contribution is 14.2. The highest BCUT2D eigenvalue weighted by Gasteiger charge is 2.68. The number of benzene rings is 12. The third-order valence-electron chi connectivity index (χ3n) is 21.4. The van der Waals surface area contributed by atoms with Crippen molar-refractivity contribution in [3.8, 4) is 45.3 Å². The van der Waals surface area contributed by atoms with Crippen molar-refractivity contribution in [1.29, 1.82) is 0 Å². The van der Waals surface area contributed by atoms with Crippen molar-refractivity contribution in [3.05, 3.63) is 380 Å². The molecule has 2 saturated heterocycles. The van der Waals surface area contributed by atoms with Crippen LogP contribution in [0.3, 0.4) is 0 Å². The van der Waals surface area contributed by atoms with E-state index in [0.717, 1.165) is 94.6 Å². The number of hydrogen-bond donors (Lipinski definition) is 1. The number of phenols is 1. The summed E-state index contributed by atoms with van der Waals surface area (Å²) in [6.45, 7) is 44.4. The van der Waals surface area contributed by atoms with Gasteiger partial charge >= 0.3 is 20.9 Å². The fourth-order valence-electron chi connectivity index (χ4n) is 16.1. The van der Waals surface area contributed by atoms with E-state index >= 15 is 0 Å². The van der Waals surface area contributed by atoms with Gasteiger partial charge in [0.15, 0.2) is 22.4 Å². The van der Waals surface area contributed by atoms with Crippen molar-refractivity contribution in [2.75, 3.05) is 2.43 Å². The molecule has 0 bridgehead atoms. The first-order valence-corrected chi connectivity index (χ1v) is 48.0. The van der Waals surface area contributed by atoms with Gasteiger partial charge < -0.3 is 37.6 Å². The average molecular weight is 1950 g/mol. The predicted octanol–water partition coefficient (Wildman–Crippen LogP) is 31.2. The molecule has 2 aliphatic rings. The number of hydrogen-bond acceptors (Lipinski definition) is 12. The molecule has 12 aromatic rings. The minimum Gasteiger partial charge on any atom is -0.507 e. The second-order valence-electron chi connectivity index (χ2n) is 37.6. The first kappa shape index (κ1) is 95.9. The number of ether oxygens (including phenoxy) is 4. The maximum Gasteiger partial charge on any atom is 0.514 e. The van der Waals surface area contributed by atoms with Gasteiger partial charge in [0.05, 0.1) is 2.43 Å². The number of aryl methyl sites for hydroxylation is 4. The smallest absolute Gasteiger partial charge is 0.507 e. The number of phenolic OH excluding ortho intramolecular Hbond substituents is 1. The average Bonchev–Trinajstić information content (AvgIpc) is 1.51. The zero-order valence-corrected chi connectivity index (χ0v) is 82.2. The van der Waals surface area contributed by atoms with Gasteiger partial charge in [-0.2, -0.15) is 0 Å². The molecule has 12 aromatic carbocycles. The quantitative estimate of drug-likeness (QED) is 0.0365. The van der Waals surface area contributed by atoms with Gasteiger partial charge in [0.1, 0.15) is 34.2 Å². The maximum atomic E-state index is 13.6. The summed E-state index contributed by atoms with van der Waals surface area (Å²) in [5, 5.41) is 11.3. The van der Waals surface area contributed by atoms with Crippen LogP contribution in [-0.4, -0.2) is 31.1 Å². The fraction of sp³-hybridized carbons (Fsp3) is 0.308. The largest absolute Gasteiger partial charge is 0.514 e. The van der Waals surface area contributed by atoms with Crippen LogP contribution in [0.25, 0.3) is 22.3 Å². The van der Waals surface area contributed by atoms with Crippen LogP contribution >= 0.6 is 72.8 Å². The van der Waals surface area contributed by atoms with E-state index in [4.69, 9.17) is 52.8 Å². The van der Waals surface area contributed by atoms with Crippen LogP contribution in [0.2, 0.25) is 0 Å². The summed E-state index contributed by atoms with van der Waals surface area (Å²) in [5.41, 5.74) is 11.0. The normalized spacial score (nSPS) is 15.0. The van der Waals surface area contributed by atoms with Crippen molar-refractivity contribution < 1.29 is 56.3 Å². The Hall–Kier alpha value is -8.77. The summed E-state index contributed by atoms with van der Waals surface area (Å²) in [4.78, 5) is 26.2. The number of carbonyl (C=O) groups excluding carboxylic acids is 2. The van der Waals surface area contributed by atoms with Crippen LogP contribution < -0.4 is 14.0 Å². The zero-order chi connectivity index (χ0) is 90.2. The Morgan fingerprint density at radius 3 is 0.758 bits per heavy atom. The Balaban J connectivity index is 0.000000196. The Bertz CT molecular complexity index is 5270. The van der Waals surface area contributed by atoms with Gasteiger partial charge in [0.2, 0.25) is 0 Å². The van der Waals surface area contributed by atoms with Crippen molar-refractivity contribution in [2.24, 2.45) is 0 Å². The monoisotopic (exact) mass is 1940 g/mol. The number of aromatic hydroxyl groups is 1. The molecule has 2 fully saturated rings. The molecule has 0 atom stereocenters. The lowest BCUT2D eigenvalue weighted by Crippen LogP contribution is -2.48. The summed E-state index contributed by atoms with van der Waals surface area (Å²) in [6, 6.07) is 98.5. The van der Waals surface area contributed by atoms with Crippen LogP contribution in [0.15, 0.2) is 291 Å². The topological polar surface area (TPSA) is 137 Å². The Labute approximate surface area is 770 Å². The SMILES string of the molecule is Cc1cc(-c2cc(C)cc(C(C)(C)C)c2OC(=O)OC(C)(C)C)c(O)c(C(C)(C)C)c1.Cc1cc(-c2cc(C)cc(C(C)(C)C)c2OP2OC(c3ccccc3)(c3ccccc3)C(c3ccccc3)(c3ccccc3)O2)c(OC(=O)OC(C)(C)C)c(C(C)(C)C)c1.ClP1OC(c2ccccc2)(c2ccccc2)C(c2ccccc2)(c2ccccc2)O1.ICI. The zero-order valence-electron chi connectivity index (χ0n) is 75.4. The molecule has 2 heterocycles. The molecule has 0 spiro atoms. The van der Waals surface area contributed by atoms with E-state index in [1.54, 1.807) is 20.8 Å².